The van der Waals surface area contributed by atoms with E-state index in [0.29, 0.717) is 130 Å². The number of anilines is 4. The number of aliphatic hydroxyl groups is 3. The average Bonchev–Trinajstić information content (AvgIpc) is 0.922. The highest BCUT2D eigenvalue weighted by molar-refractivity contribution is 7.91. The van der Waals surface area contributed by atoms with Crippen molar-refractivity contribution >= 4 is 126 Å². The molecule has 8 aromatic rings. The molecule has 18 rings (SSSR count). The van der Waals surface area contributed by atoms with Crippen molar-refractivity contribution in [2.75, 3.05) is 91.7 Å². The third-order valence-electron chi connectivity index (χ3n) is 29.6. The maximum Gasteiger partial charge on any atom is 0.280 e. The number of nitrogens with one attached hydrogen (secondary N) is 8. The number of aromatic nitrogens is 8. The normalized spacial score (nSPS) is 22.3. The Kier molecular flexibility index (Phi) is 36.4. The summed E-state index contributed by atoms with van der Waals surface area (Å²) in [4.78, 5) is 151. The monoisotopic (exact) mass is 2170 g/mol. The zero-order valence-corrected chi connectivity index (χ0v) is 92.2. The molecule has 3 atom stereocenters. The Labute approximate surface area is 890 Å². The molecule has 5 saturated heterocycles. The van der Waals surface area contributed by atoms with Gasteiger partial charge < -0.3 is 77.5 Å². The molecule has 33 nitrogen and oxygen atoms in total. The fourth-order valence-electron chi connectivity index (χ4n) is 21.5. The van der Waals surface area contributed by atoms with Crippen molar-refractivity contribution in [1.82, 2.24) is 80.7 Å². The molecule has 43 heteroatoms. The number of carbonyl (C=O) groups is 8. The maximum atomic E-state index is 14.0. The third kappa shape index (κ3) is 29.8. The van der Waals surface area contributed by atoms with E-state index < -0.39 is 74.2 Å². The molecule has 10 aliphatic rings. The quantitative estimate of drug-likeness (QED) is 0.0213. The lowest BCUT2D eigenvalue weighted by atomic mass is 9.49. The van der Waals surface area contributed by atoms with Crippen LogP contribution in [0.25, 0.3) is 41.8 Å². The summed E-state index contributed by atoms with van der Waals surface area (Å²) in [6.07, 6.45) is 26.2. The van der Waals surface area contributed by atoms with Gasteiger partial charge in [0.2, 0.25) is 5.92 Å². The Hall–Kier alpha value is -10.4. The molecule has 0 radical (unpaired) electrons. The first kappa shape index (κ1) is 114. The number of halogens is 5. The van der Waals surface area contributed by atoms with Gasteiger partial charge >= 0.3 is 0 Å². The molecule has 1 spiro atoms. The Bertz CT molecular complexity index is 6280. The predicted octanol–water partition coefficient (Wildman–Crippen LogP) is 17.8. The van der Waals surface area contributed by atoms with E-state index in [1.807, 2.05) is 55.7 Å². The van der Waals surface area contributed by atoms with Gasteiger partial charge in [0.25, 0.3) is 47.3 Å². The van der Waals surface area contributed by atoms with E-state index in [-0.39, 0.29) is 173 Å². The van der Waals surface area contributed by atoms with E-state index in [2.05, 4.69) is 96.3 Å². The highest BCUT2D eigenvalue weighted by Crippen LogP contribution is 2.62. The number of likely N-dealkylation sites (tertiary alicyclic amines) is 4. The first-order valence-corrected chi connectivity index (χ1v) is 58.0. The van der Waals surface area contributed by atoms with Crippen LogP contribution in [0.1, 0.15) is 346 Å². The first-order valence-electron chi connectivity index (χ1n) is 52.9. The van der Waals surface area contributed by atoms with E-state index in [1.165, 1.54) is 53.3 Å². The van der Waals surface area contributed by atoms with E-state index in [0.717, 1.165) is 145 Å². The van der Waals surface area contributed by atoms with Crippen molar-refractivity contribution in [3.8, 4) is 41.8 Å². The molecule has 5 aliphatic carbocycles. The number of pyridine rings is 4. The average molecular weight is 2170 g/mol. The van der Waals surface area contributed by atoms with Crippen molar-refractivity contribution in [3.63, 3.8) is 0 Å². The number of alkyl halides is 5. The summed E-state index contributed by atoms with van der Waals surface area (Å²) in [5.41, 5.74) is 3.10. The molecule has 8 aromatic heterocycles. The topological polar surface area (TPSA) is 444 Å². The first-order chi connectivity index (χ1) is 70.9. The number of rotatable bonds is 27. The summed E-state index contributed by atoms with van der Waals surface area (Å²) in [6, 6.07) is 8.47. The fraction of sp³-hybridized carbons (Fsp3) is 0.626. The zero-order chi connectivity index (χ0) is 108. The van der Waals surface area contributed by atoms with E-state index in [9.17, 15) is 84.0 Å². The molecule has 150 heavy (non-hydrogen) atoms. The molecule has 816 valence electrons. The SMILES string of the molecule is Cc1cc(NC2CC3(C2)CC(C)(F)C3)ncc1-c1sc(C(=O)NCC(C)(C)O)nc1C(=O)N1CCC(F)CC1.Cc1cc(NC2CCCC(F)(F)C2)ncc1-c1sc(C(=O)NCC(C)(C)O)nc1C(=O)N1CCC(F)CC1.Cc1cc(NC2CCCC2)ncc1-c1sc(C(=O)NC2CCS(=O)(=O)CC2)nc1C(=O)N1CCCC[C@@H]1C.Cc1cc(NC2CCCC2)ncc1-c1sc(C(=O)NCC(C)(C)O)nc1C(=O)N1CCCC[C@@H]1C. The number of sulfone groups is 1. The summed E-state index contributed by atoms with van der Waals surface area (Å²) in [7, 11) is -3.03. The van der Waals surface area contributed by atoms with Gasteiger partial charge in [-0.3, -0.25) is 38.4 Å². The van der Waals surface area contributed by atoms with Crippen molar-refractivity contribution in [3.05, 3.63) is 114 Å². The molecule has 13 heterocycles. The van der Waals surface area contributed by atoms with Crippen LogP contribution in [0.5, 0.6) is 0 Å². The number of amides is 8. The molecule has 5 aliphatic heterocycles. The van der Waals surface area contributed by atoms with Crippen molar-refractivity contribution in [2.24, 2.45) is 5.41 Å². The summed E-state index contributed by atoms with van der Waals surface area (Å²) in [6.45, 7) is 25.7. The van der Waals surface area contributed by atoms with Crippen molar-refractivity contribution in [2.45, 2.75) is 353 Å². The second-order valence-corrected chi connectivity index (χ2v) is 51.2. The van der Waals surface area contributed by atoms with Gasteiger partial charge in [-0.15, -0.1) is 45.3 Å². The van der Waals surface area contributed by atoms with Crippen LogP contribution in [0, 0.1) is 33.1 Å². The lowest BCUT2D eigenvalue weighted by Crippen LogP contribution is -2.57. The molecule has 5 saturated carbocycles. The summed E-state index contributed by atoms with van der Waals surface area (Å²) >= 11 is 4.55. The predicted molar refractivity (Wildman–Crippen MR) is 575 cm³/mol. The molecule has 10 fully saturated rings. The molecular weight excluding hydrogens is 2030 g/mol. The summed E-state index contributed by atoms with van der Waals surface area (Å²) in [5.74, 6) is -2.50. The van der Waals surface area contributed by atoms with E-state index in [4.69, 9.17) is 0 Å². The molecular formula is C107H145F5N20O13S5. The summed E-state index contributed by atoms with van der Waals surface area (Å²) in [5, 5.41) is 55.1. The number of nitrogens with zero attached hydrogens (tertiary/aromatic N) is 12. The molecule has 1 unspecified atom stereocenters. The smallest absolute Gasteiger partial charge is 0.280 e. The fourth-order valence-corrected chi connectivity index (χ4v) is 27.2. The molecule has 11 N–H and O–H groups in total. The number of piperidine rings is 4. The van der Waals surface area contributed by atoms with Crippen LogP contribution in [-0.4, -0.2) is 284 Å². The van der Waals surface area contributed by atoms with Gasteiger partial charge in [0, 0.05) is 161 Å². The van der Waals surface area contributed by atoms with E-state index >= 15 is 0 Å². The van der Waals surface area contributed by atoms with Crippen LogP contribution >= 0.6 is 45.3 Å². The third-order valence-corrected chi connectivity index (χ3v) is 35.7. The number of thiazole rings is 4. The van der Waals surface area contributed by atoms with E-state index in [1.54, 1.807) is 84.2 Å². The van der Waals surface area contributed by atoms with Crippen LogP contribution in [-0.2, 0) is 9.84 Å². The minimum Gasteiger partial charge on any atom is -0.389 e. The molecule has 0 bridgehead atoms. The minimum absolute atomic E-state index is 0.00476. The van der Waals surface area contributed by atoms with Crippen LogP contribution in [0.15, 0.2) is 49.1 Å². The van der Waals surface area contributed by atoms with Crippen molar-refractivity contribution in [1.29, 1.82) is 0 Å². The molecule has 8 amide bonds. The Morgan fingerprint density at radius 3 is 1.02 bits per heavy atom. The van der Waals surface area contributed by atoms with Gasteiger partial charge in [-0.2, -0.15) is 0 Å². The number of hydrogen-bond donors (Lipinski definition) is 11. The van der Waals surface area contributed by atoms with Crippen LogP contribution in [0.2, 0.25) is 0 Å². The second-order valence-electron chi connectivity index (χ2n) is 44.9. The van der Waals surface area contributed by atoms with Gasteiger partial charge in [-0.05, 0) is 283 Å². The van der Waals surface area contributed by atoms with Gasteiger partial charge in [0.05, 0.1) is 47.8 Å². The van der Waals surface area contributed by atoms with Gasteiger partial charge in [-0.1, -0.05) is 25.7 Å². The van der Waals surface area contributed by atoms with Crippen LogP contribution < -0.4 is 42.5 Å². The maximum absolute atomic E-state index is 14.0. The van der Waals surface area contributed by atoms with Gasteiger partial charge in [0.1, 0.15) is 73.9 Å². The lowest BCUT2D eigenvalue weighted by molar-refractivity contribution is -0.108. The number of hydrogen-bond acceptors (Lipinski definition) is 29. The lowest BCUT2D eigenvalue weighted by Gasteiger charge is -2.59. The standard InChI is InChI=1S/C28H37F2N5O3S.C27H37N5O4S2.C26H34F3N5O3S.C26H37N5O3S/c1-16-9-20(33-18-10-28(11-18)13-27(4,30)14-28)31-12-19(16)22-21(25(37)35-7-5-17(29)6-8-35)34-24(39-22)23(36)32-15-26(2,3)38;1-17-15-22(29-19-8-3-4-9-19)28-16-21(17)24-23(27(34)32-12-6-5-7-18(32)2)31-26(37-24)25(33)30-20-10-13-38(35,36)14-11-20;1-15-11-19(32-17-5-4-8-26(28,29)12-17)30-13-18(15)21-20(24(36)34-9-6-16(27)7-10-34)33-23(38-21)22(35)31-14-25(2,3)37;1-16-13-20(29-18-10-5-6-11-18)27-14-19(16)22-21(25(33)31-12-8-7-9-17(31)2)30-24(35-22)23(32)28-15-26(3,4)34/h9,12,17-18,38H,5-8,10-11,13-15H2,1-4H3,(H,31,33)(H,32,36);15-16,18-20H,3-14H2,1-2H3,(H,28,29)(H,30,33);11,13,16-17,37H,4-10,12,14H2,1-3H3,(H,30,32)(H,31,35);13-14,17-18,34H,5-12,15H2,1-4H3,(H,27,29)(H,28,32)/t;18-;;17-/m.0.0/s1. The largest absolute Gasteiger partial charge is 0.389 e. The second kappa shape index (κ2) is 48.1. The Morgan fingerprint density at radius 2 is 0.707 bits per heavy atom. The Morgan fingerprint density at radius 1 is 0.400 bits per heavy atom. The summed E-state index contributed by atoms with van der Waals surface area (Å²) < 4.78 is 92.6. The number of aryl methyl sites for hydroxylation is 4. The van der Waals surface area contributed by atoms with Gasteiger partial charge in [0.15, 0.2) is 20.0 Å². The Balaban J connectivity index is 0.000000150. The van der Waals surface area contributed by atoms with Crippen LogP contribution in [0.4, 0.5) is 45.2 Å². The highest BCUT2D eigenvalue weighted by Gasteiger charge is 2.59. The molecule has 0 aromatic carbocycles. The van der Waals surface area contributed by atoms with Crippen molar-refractivity contribution < 1.29 is 84.0 Å². The van der Waals surface area contributed by atoms with Gasteiger partial charge in [-0.25, -0.2) is 70.2 Å². The zero-order valence-electron chi connectivity index (χ0n) is 88.1. The highest BCUT2D eigenvalue weighted by atomic mass is 32.2. The van der Waals surface area contributed by atoms with Crippen LogP contribution in [0.3, 0.4) is 0 Å². The number of carbonyl (C=O) groups excluding carboxylic acids is 8. The minimum atomic E-state index is -3.03.